The van der Waals surface area contributed by atoms with Crippen LogP contribution in [0.3, 0.4) is 0 Å². The average molecular weight is 333 g/mol. The summed E-state index contributed by atoms with van der Waals surface area (Å²) in [5, 5.41) is 10.4. The first-order valence-corrected chi connectivity index (χ1v) is 6.95. The van der Waals surface area contributed by atoms with E-state index in [4.69, 9.17) is 4.74 Å². The lowest BCUT2D eigenvalue weighted by Gasteiger charge is -2.46. The maximum atomic E-state index is 12.1. The molecule has 1 aliphatic rings. The van der Waals surface area contributed by atoms with Gasteiger partial charge >= 0.3 is 12.5 Å². The van der Waals surface area contributed by atoms with Crippen molar-refractivity contribution in [1.82, 2.24) is 4.90 Å². The summed E-state index contributed by atoms with van der Waals surface area (Å²) in [6.45, 7) is 5.23. The lowest BCUT2D eigenvalue weighted by atomic mass is 9.86. The molecule has 1 aliphatic heterocycles. The van der Waals surface area contributed by atoms with Crippen LogP contribution in [0.5, 0.6) is 5.75 Å². The second-order valence-corrected chi connectivity index (χ2v) is 6.44. The fourth-order valence-electron chi connectivity index (χ4n) is 2.19. The van der Waals surface area contributed by atoms with Gasteiger partial charge in [0.15, 0.2) is 0 Å². The van der Waals surface area contributed by atoms with Gasteiger partial charge in [0.05, 0.1) is 13.1 Å². The lowest BCUT2D eigenvalue weighted by Crippen LogP contribution is -2.61. The molecule has 1 N–H and O–H groups in total. The van der Waals surface area contributed by atoms with E-state index in [1.165, 1.54) is 17.0 Å². The topological polar surface area (TPSA) is 59.0 Å². The molecule has 2 rings (SSSR count). The van der Waals surface area contributed by atoms with Gasteiger partial charge in [-0.15, -0.1) is 13.2 Å². The molecule has 1 saturated heterocycles. The van der Waals surface area contributed by atoms with Crippen molar-refractivity contribution in [2.45, 2.75) is 38.3 Å². The molecule has 0 radical (unpaired) electrons. The number of aliphatic hydroxyl groups is 1. The summed E-state index contributed by atoms with van der Waals surface area (Å²) in [5.74, 6) is -0.367. The number of amides is 1. The van der Waals surface area contributed by atoms with E-state index in [1.807, 2.05) is 0 Å². The van der Waals surface area contributed by atoms with E-state index < -0.39 is 23.7 Å². The number of ether oxygens (including phenoxy) is 2. The lowest BCUT2D eigenvalue weighted by molar-refractivity contribution is -0.274. The Bertz CT molecular complexity index is 572. The third-order valence-corrected chi connectivity index (χ3v) is 3.18. The van der Waals surface area contributed by atoms with Crippen LogP contribution in [-0.4, -0.2) is 41.2 Å². The van der Waals surface area contributed by atoms with Gasteiger partial charge in [-0.2, -0.15) is 0 Å². The summed E-state index contributed by atoms with van der Waals surface area (Å²) in [6.07, 6.45) is -5.30. The SMILES string of the molecule is CC(C)(C)OC(=O)N1CC(O)(c2ccc(OC(F)(F)F)cc2)C1. The molecule has 8 heteroatoms. The Morgan fingerprint density at radius 3 is 2.13 bits per heavy atom. The molecule has 0 atom stereocenters. The van der Waals surface area contributed by atoms with Crippen LogP contribution in [0.15, 0.2) is 24.3 Å². The largest absolute Gasteiger partial charge is 0.573 e. The summed E-state index contributed by atoms with van der Waals surface area (Å²) in [5.41, 5.74) is -1.53. The highest BCUT2D eigenvalue weighted by Gasteiger charge is 2.46. The Kier molecular flexibility index (Phi) is 4.23. The van der Waals surface area contributed by atoms with Crippen molar-refractivity contribution in [3.8, 4) is 5.75 Å². The van der Waals surface area contributed by atoms with Gasteiger partial charge in [0.2, 0.25) is 0 Å². The second-order valence-electron chi connectivity index (χ2n) is 6.44. The van der Waals surface area contributed by atoms with E-state index in [-0.39, 0.29) is 18.8 Å². The summed E-state index contributed by atoms with van der Waals surface area (Å²) < 4.78 is 45.2. The summed E-state index contributed by atoms with van der Waals surface area (Å²) in [4.78, 5) is 13.1. The Hall–Kier alpha value is -1.96. The predicted molar refractivity (Wildman–Crippen MR) is 74.8 cm³/mol. The Balaban J connectivity index is 1.97. The Labute approximate surface area is 131 Å². The van der Waals surface area contributed by atoms with Crippen LogP contribution in [-0.2, 0) is 10.3 Å². The molecular formula is C15H18F3NO4. The van der Waals surface area contributed by atoms with E-state index in [0.29, 0.717) is 5.56 Å². The zero-order chi connectivity index (χ0) is 17.5. The highest BCUT2D eigenvalue weighted by atomic mass is 19.4. The van der Waals surface area contributed by atoms with E-state index >= 15 is 0 Å². The van der Waals surface area contributed by atoms with Crippen molar-refractivity contribution in [2.24, 2.45) is 0 Å². The van der Waals surface area contributed by atoms with E-state index in [2.05, 4.69) is 4.74 Å². The van der Waals surface area contributed by atoms with Gasteiger partial charge in [0.25, 0.3) is 0 Å². The molecule has 0 saturated carbocycles. The molecular weight excluding hydrogens is 315 g/mol. The number of hydrogen-bond acceptors (Lipinski definition) is 4. The number of carbonyl (C=O) groups is 1. The van der Waals surface area contributed by atoms with Crippen LogP contribution in [0.1, 0.15) is 26.3 Å². The van der Waals surface area contributed by atoms with Crippen LogP contribution in [0.25, 0.3) is 0 Å². The van der Waals surface area contributed by atoms with Crippen LogP contribution in [0.2, 0.25) is 0 Å². The van der Waals surface area contributed by atoms with Crippen LogP contribution >= 0.6 is 0 Å². The molecule has 0 aromatic heterocycles. The first kappa shape index (κ1) is 17.4. The van der Waals surface area contributed by atoms with Crippen molar-refractivity contribution in [3.05, 3.63) is 29.8 Å². The number of benzene rings is 1. The van der Waals surface area contributed by atoms with Gasteiger partial charge in [-0.1, -0.05) is 12.1 Å². The normalized spacial score (nSPS) is 17.4. The van der Waals surface area contributed by atoms with Crippen LogP contribution in [0.4, 0.5) is 18.0 Å². The fourth-order valence-corrected chi connectivity index (χ4v) is 2.19. The predicted octanol–water partition coefficient (Wildman–Crippen LogP) is 3.02. The molecule has 1 aromatic rings. The van der Waals surface area contributed by atoms with E-state index in [9.17, 15) is 23.1 Å². The molecule has 0 unspecified atom stereocenters. The third kappa shape index (κ3) is 4.51. The Morgan fingerprint density at radius 2 is 1.70 bits per heavy atom. The molecule has 0 aliphatic carbocycles. The first-order chi connectivity index (χ1) is 10.4. The van der Waals surface area contributed by atoms with Crippen LogP contribution in [0, 0.1) is 0 Å². The average Bonchev–Trinajstić information content (AvgIpc) is 2.31. The maximum absolute atomic E-state index is 12.1. The highest BCUT2D eigenvalue weighted by Crippen LogP contribution is 2.34. The van der Waals surface area contributed by atoms with Gasteiger partial charge in [-0.25, -0.2) is 4.79 Å². The van der Waals surface area contributed by atoms with Crippen molar-refractivity contribution in [2.75, 3.05) is 13.1 Å². The molecule has 1 amide bonds. The number of halogens is 3. The molecule has 1 heterocycles. The number of hydrogen-bond donors (Lipinski definition) is 1. The molecule has 0 spiro atoms. The van der Waals surface area contributed by atoms with E-state index in [1.54, 1.807) is 20.8 Å². The molecule has 1 fully saturated rings. The van der Waals surface area contributed by atoms with Gasteiger partial charge < -0.3 is 19.5 Å². The minimum Gasteiger partial charge on any atom is -0.444 e. The Morgan fingerprint density at radius 1 is 1.17 bits per heavy atom. The molecule has 23 heavy (non-hydrogen) atoms. The third-order valence-electron chi connectivity index (χ3n) is 3.18. The zero-order valence-corrected chi connectivity index (χ0v) is 13.0. The van der Waals surface area contributed by atoms with Crippen molar-refractivity contribution in [3.63, 3.8) is 0 Å². The molecule has 128 valence electrons. The van der Waals surface area contributed by atoms with Gasteiger partial charge in [-0.05, 0) is 38.5 Å². The minimum atomic E-state index is -4.76. The summed E-state index contributed by atoms with van der Waals surface area (Å²) in [7, 11) is 0. The van der Waals surface area contributed by atoms with Gasteiger partial charge in [0.1, 0.15) is 17.0 Å². The number of alkyl halides is 3. The van der Waals surface area contributed by atoms with Gasteiger partial charge in [-0.3, -0.25) is 0 Å². The van der Waals surface area contributed by atoms with Crippen LogP contribution < -0.4 is 4.74 Å². The number of rotatable bonds is 2. The molecule has 0 bridgehead atoms. The zero-order valence-electron chi connectivity index (χ0n) is 13.0. The standard InChI is InChI=1S/C15H18F3NO4/c1-13(2,3)23-12(20)19-8-14(21,9-19)10-4-6-11(7-5-10)22-15(16,17)18/h4-7,21H,8-9H2,1-3H3. The monoisotopic (exact) mass is 333 g/mol. The first-order valence-electron chi connectivity index (χ1n) is 6.95. The number of nitrogens with zero attached hydrogens (tertiary/aromatic N) is 1. The highest BCUT2D eigenvalue weighted by molar-refractivity contribution is 5.70. The van der Waals surface area contributed by atoms with Crippen molar-refractivity contribution < 1.29 is 32.5 Å². The van der Waals surface area contributed by atoms with Crippen molar-refractivity contribution >= 4 is 6.09 Å². The summed E-state index contributed by atoms with van der Waals surface area (Å²) >= 11 is 0. The minimum absolute atomic E-state index is 0.0153. The second kappa shape index (κ2) is 5.59. The summed E-state index contributed by atoms with van der Waals surface area (Å²) in [6, 6.07) is 4.93. The quantitative estimate of drug-likeness (QED) is 0.904. The smallest absolute Gasteiger partial charge is 0.444 e. The number of β-amino-alcohol motifs (C(OH)–C–C–N with tert-alkyl or cyclic N) is 1. The molecule has 1 aromatic carbocycles. The number of carbonyl (C=O) groups excluding carboxylic acids is 1. The van der Waals surface area contributed by atoms with Crippen molar-refractivity contribution in [1.29, 1.82) is 0 Å². The fraction of sp³-hybridized carbons (Fsp3) is 0.533. The number of likely N-dealkylation sites (tertiary alicyclic amines) is 1. The molecule has 5 nitrogen and oxygen atoms in total. The maximum Gasteiger partial charge on any atom is 0.573 e. The van der Waals surface area contributed by atoms with E-state index in [0.717, 1.165) is 12.1 Å². The van der Waals surface area contributed by atoms with Gasteiger partial charge in [0, 0.05) is 0 Å².